The lowest BCUT2D eigenvalue weighted by Crippen LogP contribution is -2.28. The van der Waals surface area contributed by atoms with Crippen LogP contribution >= 0.6 is 0 Å². The first-order valence-corrected chi connectivity index (χ1v) is 11.1. The SMILES string of the molecule is O=C(O)C(F)(F)F.c1cc(CNC2Cc3ccccc3C2)cc(-c2ccc(-c3ncc[nH]3)cc2)c1. The molecule has 4 aromatic rings. The number of aliphatic carboxylic acids is 1. The molecule has 3 N–H and O–H groups in total. The number of benzene rings is 3. The van der Waals surface area contributed by atoms with E-state index in [-0.39, 0.29) is 0 Å². The molecule has 1 aliphatic rings. The van der Waals surface area contributed by atoms with Gasteiger partial charge < -0.3 is 15.4 Å². The molecule has 180 valence electrons. The summed E-state index contributed by atoms with van der Waals surface area (Å²) in [6, 6.07) is 26.7. The number of H-pyrrole nitrogens is 1. The number of hydrogen-bond acceptors (Lipinski definition) is 3. The molecule has 5 nitrogen and oxygen atoms in total. The van der Waals surface area contributed by atoms with E-state index in [4.69, 9.17) is 9.90 Å². The van der Waals surface area contributed by atoms with Gasteiger partial charge in [0.2, 0.25) is 0 Å². The molecule has 0 bridgehead atoms. The van der Waals surface area contributed by atoms with Gasteiger partial charge in [0.15, 0.2) is 0 Å². The van der Waals surface area contributed by atoms with Gasteiger partial charge in [0.25, 0.3) is 0 Å². The highest BCUT2D eigenvalue weighted by Gasteiger charge is 2.38. The largest absolute Gasteiger partial charge is 0.490 e. The fourth-order valence-corrected chi connectivity index (χ4v) is 4.07. The molecule has 0 spiro atoms. The number of halogens is 3. The Morgan fingerprint density at radius 3 is 2.14 bits per heavy atom. The summed E-state index contributed by atoms with van der Waals surface area (Å²) < 4.78 is 31.7. The van der Waals surface area contributed by atoms with Crippen LogP contribution in [0.4, 0.5) is 13.2 Å². The van der Waals surface area contributed by atoms with Crippen molar-refractivity contribution in [3.8, 4) is 22.5 Å². The molecular weight excluding hydrogens is 455 g/mol. The van der Waals surface area contributed by atoms with Crippen LogP contribution in [0.3, 0.4) is 0 Å². The molecule has 1 heterocycles. The van der Waals surface area contributed by atoms with Crippen LogP contribution in [0.25, 0.3) is 22.5 Å². The number of hydrogen-bond donors (Lipinski definition) is 3. The van der Waals surface area contributed by atoms with E-state index >= 15 is 0 Å². The van der Waals surface area contributed by atoms with Crippen LogP contribution in [0.5, 0.6) is 0 Å². The summed E-state index contributed by atoms with van der Waals surface area (Å²) in [5.41, 5.74) is 7.89. The van der Waals surface area contributed by atoms with Gasteiger partial charge in [0.1, 0.15) is 5.82 Å². The Kier molecular flexibility index (Phi) is 7.31. The van der Waals surface area contributed by atoms with Crippen LogP contribution in [0.15, 0.2) is 85.2 Å². The number of alkyl halides is 3. The fourth-order valence-electron chi connectivity index (χ4n) is 4.07. The average molecular weight is 480 g/mol. The molecule has 1 aromatic heterocycles. The lowest BCUT2D eigenvalue weighted by Gasteiger charge is -2.13. The van der Waals surface area contributed by atoms with E-state index in [9.17, 15) is 13.2 Å². The van der Waals surface area contributed by atoms with E-state index < -0.39 is 12.1 Å². The van der Waals surface area contributed by atoms with Crippen molar-refractivity contribution in [3.05, 3.63) is 102 Å². The number of nitrogens with one attached hydrogen (secondary N) is 2. The number of imidazole rings is 1. The number of aromatic amines is 1. The van der Waals surface area contributed by atoms with Gasteiger partial charge in [0.05, 0.1) is 0 Å². The van der Waals surface area contributed by atoms with Gasteiger partial charge in [-0.2, -0.15) is 13.2 Å². The number of carbonyl (C=O) groups is 1. The van der Waals surface area contributed by atoms with Crippen molar-refractivity contribution in [2.24, 2.45) is 0 Å². The summed E-state index contributed by atoms with van der Waals surface area (Å²) in [6.45, 7) is 0.900. The Balaban J connectivity index is 0.000000364. The molecule has 0 amide bonds. The van der Waals surface area contributed by atoms with E-state index in [1.807, 2.05) is 6.20 Å². The van der Waals surface area contributed by atoms with Gasteiger partial charge >= 0.3 is 12.1 Å². The van der Waals surface area contributed by atoms with E-state index in [0.717, 1.165) is 30.8 Å². The molecule has 0 saturated carbocycles. The van der Waals surface area contributed by atoms with Crippen molar-refractivity contribution in [2.75, 3.05) is 0 Å². The van der Waals surface area contributed by atoms with E-state index in [1.165, 1.54) is 27.8 Å². The first kappa shape index (κ1) is 24.2. The topological polar surface area (TPSA) is 78.0 Å². The lowest BCUT2D eigenvalue weighted by atomic mass is 10.0. The Labute approximate surface area is 200 Å². The molecule has 0 aliphatic heterocycles. The summed E-state index contributed by atoms with van der Waals surface area (Å²) >= 11 is 0. The minimum absolute atomic E-state index is 0.536. The molecule has 3 aromatic carbocycles. The molecule has 0 atom stereocenters. The third kappa shape index (κ3) is 6.36. The van der Waals surface area contributed by atoms with Gasteiger partial charge in [-0.05, 0) is 46.7 Å². The average Bonchev–Trinajstić information content (AvgIpc) is 3.53. The Bertz CT molecular complexity index is 1240. The number of carboxylic acid groups (broad SMARTS) is 1. The van der Waals surface area contributed by atoms with E-state index in [1.54, 1.807) is 6.20 Å². The lowest BCUT2D eigenvalue weighted by molar-refractivity contribution is -0.192. The van der Waals surface area contributed by atoms with Crippen LogP contribution in [-0.2, 0) is 24.2 Å². The maximum Gasteiger partial charge on any atom is 0.490 e. The molecule has 5 rings (SSSR count). The maximum absolute atomic E-state index is 10.6. The predicted octanol–water partition coefficient (Wildman–Crippen LogP) is 5.63. The van der Waals surface area contributed by atoms with Gasteiger partial charge in [-0.15, -0.1) is 0 Å². The number of aromatic nitrogens is 2. The van der Waals surface area contributed by atoms with E-state index in [2.05, 4.69) is 88.1 Å². The molecule has 8 heteroatoms. The van der Waals surface area contributed by atoms with Gasteiger partial charge in [-0.1, -0.05) is 66.7 Å². The molecule has 0 fully saturated rings. The third-order valence-corrected chi connectivity index (χ3v) is 5.81. The van der Waals surface area contributed by atoms with Crippen LogP contribution in [0, 0.1) is 0 Å². The summed E-state index contributed by atoms with van der Waals surface area (Å²) in [4.78, 5) is 16.4. The monoisotopic (exact) mass is 479 g/mol. The van der Waals surface area contributed by atoms with Crippen molar-refractivity contribution in [1.29, 1.82) is 0 Å². The highest BCUT2D eigenvalue weighted by molar-refractivity contribution is 5.73. The molecule has 1 aliphatic carbocycles. The maximum atomic E-state index is 10.6. The summed E-state index contributed by atoms with van der Waals surface area (Å²) in [5, 5.41) is 10.9. The summed E-state index contributed by atoms with van der Waals surface area (Å²) in [5.74, 6) is -1.85. The van der Waals surface area contributed by atoms with Crippen molar-refractivity contribution >= 4 is 5.97 Å². The minimum atomic E-state index is -5.08. The normalized spacial score (nSPS) is 13.1. The van der Waals surface area contributed by atoms with Gasteiger partial charge in [-0.25, -0.2) is 9.78 Å². The highest BCUT2D eigenvalue weighted by Crippen LogP contribution is 2.25. The standard InChI is InChI=1S/C25H23N3.C2HF3O2/c1-2-6-23-16-24(15-22(23)5-1)28-17-18-4-3-7-21(14-18)19-8-10-20(11-9-19)25-26-12-13-27-25;3-2(4,5)1(6)7/h1-14,24,28H,15-17H2,(H,26,27);(H,6,7). The molecule has 0 radical (unpaired) electrons. The van der Waals surface area contributed by atoms with Crippen molar-refractivity contribution in [3.63, 3.8) is 0 Å². The zero-order chi connectivity index (χ0) is 24.8. The smallest absolute Gasteiger partial charge is 0.475 e. The first-order chi connectivity index (χ1) is 16.8. The fraction of sp³-hybridized carbons (Fsp3) is 0.185. The Morgan fingerprint density at radius 1 is 0.943 bits per heavy atom. The molecule has 0 saturated heterocycles. The van der Waals surface area contributed by atoms with Crippen molar-refractivity contribution < 1.29 is 23.1 Å². The third-order valence-electron chi connectivity index (χ3n) is 5.81. The zero-order valence-electron chi connectivity index (χ0n) is 18.7. The second kappa shape index (κ2) is 10.6. The zero-order valence-corrected chi connectivity index (χ0v) is 18.7. The second-order valence-corrected chi connectivity index (χ2v) is 8.27. The van der Waals surface area contributed by atoms with Crippen LogP contribution in [0.2, 0.25) is 0 Å². The Morgan fingerprint density at radius 2 is 1.57 bits per heavy atom. The number of nitrogens with zero attached hydrogens (tertiary/aromatic N) is 1. The Hall–Kier alpha value is -3.91. The summed E-state index contributed by atoms with van der Waals surface area (Å²) in [6.07, 6.45) is 0.805. The second-order valence-electron chi connectivity index (χ2n) is 8.27. The van der Waals surface area contributed by atoms with Crippen LogP contribution in [-0.4, -0.2) is 33.3 Å². The van der Waals surface area contributed by atoms with E-state index in [0.29, 0.717) is 6.04 Å². The molecular formula is C27H24F3N3O2. The van der Waals surface area contributed by atoms with Gasteiger partial charge in [-0.3, -0.25) is 0 Å². The quantitative estimate of drug-likeness (QED) is 0.347. The number of carboxylic acids is 1. The van der Waals surface area contributed by atoms with Gasteiger partial charge in [0, 0.05) is 30.5 Å². The van der Waals surface area contributed by atoms with Crippen LogP contribution in [0.1, 0.15) is 16.7 Å². The summed E-state index contributed by atoms with van der Waals surface area (Å²) in [7, 11) is 0. The first-order valence-electron chi connectivity index (χ1n) is 11.1. The highest BCUT2D eigenvalue weighted by atomic mass is 19.4. The number of fused-ring (bicyclic) bond motifs is 1. The van der Waals surface area contributed by atoms with Crippen molar-refractivity contribution in [2.45, 2.75) is 31.6 Å². The predicted molar refractivity (Wildman–Crippen MR) is 128 cm³/mol. The van der Waals surface area contributed by atoms with Crippen LogP contribution < -0.4 is 5.32 Å². The molecule has 35 heavy (non-hydrogen) atoms. The van der Waals surface area contributed by atoms with Crippen molar-refractivity contribution in [1.82, 2.24) is 15.3 Å². The number of rotatable bonds is 5. The molecule has 0 unspecified atom stereocenters. The minimum Gasteiger partial charge on any atom is -0.475 e.